The fourth-order valence-electron chi connectivity index (χ4n) is 3.24. The predicted octanol–water partition coefficient (Wildman–Crippen LogP) is 2.59. The minimum atomic E-state index is -0.894. The topological polar surface area (TPSA) is 75.7 Å². The van der Waals surface area contributed by atoms with Crippen LogP contribution in [0.4, 0.5) is 0 Å². The van der Waals surface area contributed by atoms with Crippen molar-refractivity contribution in [3.05, 3.63) is 71.3 Å². The first-order chi connectivity index (χ1) is 13.0. The minimum Gasteiger partial charge on any atom is -0.464 e. The van der Waals surface area contributed by atoms with Crippen molar-refractivity contribution in [2.75, 3.05) is 6.61 Å². The van der Waals surface area contributed by atoms with Gasteiger partial charge in [0.1, 0.15) is 0 Å². The van der Waals surface area contributed by atoms with Crippen LogP contribution in [-0.4, -0.2) is 35.4 Å². The molecule has 0 radical (unpaired) electrons. The van der Waals surface area contributed by atoms with Crippen molar-refractivity contribution in [1.82, 2.24) is 10.4 Å². The zero-order chi connectivity index (χ0) is 19.4. The van der Waals surface area contributed by atoms with E-state index in [2.05, 4.69) is 5.43 Å². The Morgan fingerprint density at radius 1 is 1.11 bits per heavy atom. The number of carbonyl (C=O) groups is 3. The molecule has 2 atom stereocenters. The highest BCUT2D eigenvalue weighted by Crippen LogP contribution is 2.34. The number of nitrogens with zero attached hydrogens (tertiary/aromatic N) is 1. The second-order valence-electron chi connectivity index (χ2n) is 6.49. The van der Waals surface area contributed by atoms with Crippen molar-refractivity contribution in [1.29, 1.82) is 0 Å². The summed E-state index contributed by atoms with van der Waals surface area (Å²) < 4.78 is 5.18. The van der Waals surface area contributed by atoms with Gasteiger partial charge in [0, 0.05) is 17.9 Å². The summed E-state index contributed by atoms with van der Waals surface area (Å²) in [6.45, 7) is 3.83. The number of hydrazine groups is 1. The maximum absolute atomic E-state index is 12.6. The van der Waals surface area contributed by atoms with Crippen LogP contribution in [0.5, 0.6) is 0 Å². The Balaban J connectivity index is 1.87. The van der Waals surface area contributed by atoms with E-state index < -0.39 is 17.9 Å². The van der Waals surface area contributed by atoms with Crippen LogP contribution in [0.25, 0.3) is 0 Å². The average molecular weight is 366 g/mol. The number of hydrogen-bond donors (Lipinski definition) is 1. The van der Waals surface area contributed by atoms with Crippen molar-refractivity contribution in [2.45, 2.75) is 32.2 Å². The number of amides is 2. The number of ether oxygens (including phenoxy) is 1. The van der Waals surface area contributed by atoms with Gasteiger partial charge in [-0.05, 0) is 31.5 Å². The summed E-state index contributed by atoms with van der Waals surface area (Å²) in [5, 5.41) is 1.12. The second-order valence-corrected chi connectivity index (χ2v) is 6.49. The lowest BCUT2D eigenvalue weighted by atomic mass is 9.92. The molecule has 6 heteroatoms. The van der Waals surface area contributed by atoms with Crippen LogP contribution in [0.3, 0.4) is 0 Å². The van der Waals surface area contributed by atoms with E-state index in [-0.39, 0.29) is 24.9 Å². The van der Waals surface area contributed by atoms with Gasteiger partial charge in [-0.25, -0.2) is 9.80 Å². The number of aryl methyl sites for hydroxylation is 1. The molecule has 0 saturated carbocycles. The van der Waals surface area contributed by atoms with Crippen LogP contribution in [-0.2, 0) is 14.3 Å². The van der Waals surface area contributed by atoms with Crippen LogP contribution in [0.15, 0.2) is 54.6 Å². The second kappa shape index (κ2) is 8.03. The molecule has 3 rings (SSSR count). The van der Waals surface area contributed by atoms with Gasteiger partial charge >= 0.3 is 5.97 Å². The molecular formula is C21H22N2O4. The molecule has 0 unspecified atom stereocenters. The Bertz CT molecular complexity index is 833. The maximum Gasteiger partial charge on any atom is 0.331 e. The van der Waals surface area contributed by atoms with Gasteiger partial charge in [0.15, 0.2) is 6.04 Å². The lowest BCUT2D eigenvalue weighted by molar-refractivity contribution is -0.153. The first-order valence-electron chi connectivity index (χ1n) is 8.92. The van der Waals surface area contributed by atoms with E-state index in [1.54, 1.807) is 19.1 Å². The number of esters is 1. The number of rotatable bonds is 5. The molecule has 1 fully saturated rings. The number of carbonyl (C=O) groups excluding carboxylic acids is 3. The third kappa shape index (κ3) is 4.00. The van der Waals surface area contributed by atoms with Gasteiger partial charge in [-0.2, -0.15) is 0 Å². The Morgan fingerprint density at radius 3 is 2.41 bits per heavy atom. The highest BCUT2D eigenvalue weighted by molar-refractivity contribution is 5.97. The Hall–Kier alpha value is -3.15. The van der Waals surface area contributed by atoms with E-state index in [1.165, 1.54) is 0 Å². The van der Waals surface area contributed by atoms with Gasteiger partial charge in [-0.3, -0.25) is 15.0 Å². The van der Waals surface area contributed by atoms with Gasteiger partial charge in [0.2, 0.25) is 5.91 Å². The first-order valence-corrected chi connectivity index (χ1v) is 8.92. The van der Waals surface area contributed by atoms with Gasteiger partial charge in [-0.1, -0.05) is 48.0 Å². The Labute approximate surface area is 158 Å². The van der Waals surface area contributed by atoms with E-state index in [9.17, 15) is 14.4 Å². The van der Waals surface area contributed by atoms with Crippen LogP contribution >= 0.6 is 0 Å². The van der Waals surface area contributed by atoms with E-state index in [0.29, 0.717) is 5.56 Å². The van der Waals surface area contributed by atoms with Gasteiger partial charge < -0.3 is 4.74 Å². The summed E-state index contributed by atoms with van der Waals surface area (Å²) in [7, 11) is 0. The SMILES string of the molecule is CCOC(=O)[C@H]1[C@@H](c2ccccc2)CC(=O)N1NC(=O)c1ccc(C)cc1. The average Bonchev–Trinajstić information content (AvgIpc) is 2.99. The van der Waals surface area contributed by atoms with Crippen molar-refractivity contribution < 1.29 is 19.1 Å². The summed E-state index contributed by atoms with van der Waals surface area (Å²) >= 11 is 0. The van der Waals surface area contributed by atoms with Crippen molar-refractivity contribution in [3.8, 4) is 0 Å². The molecule has 1 N–H and O–H groups in total. The van der Waals surface area contributed by atoms with Crippen LogP contribution in [0.2, 0.25) is 0 Å². The summed E-state index contributed by atoms with van der Waals surface area (Å²) in [6, 6.07) is 15.4. The zero-order valence-electron chi connectivity index (χ0n) is 15.3. The first kappa shape index (κ1) is 18.6. The molecular weight excluding hydrogens is 344 g/mol. The van der Waals surface area contributed by atoms with E-state index in [0.717, 1.165) is 16.1 Å². The van der Waals surface area contributed by atoms with Crippen molar-refractivity contribution >= 4 is 17.8 Å². The van der Waals surface area contributed by atoms with Crippen molar-refractivity contribution in [3.63, 3.8) is 0 Å². The number of benzene rings is 2. The fourth-order valence-corrected chi connectivity index (χ4v) is 3.24. The molecule has 1 aliphatic heterocycles. The highest BCUT2D eigenvalue weighted by atomic mass is 16.5. The maximum atomic E-state index is 12.6. The van der Waals surface area contributed by atoms with Gasteiger partial charge in [-0.15, -0.1) is 0 Å². The molecule has 6 nitrogen and oxygen atoms in total. The Kier molecular flexibility index (Phi) is 5.54. The van der Waals surface area contributed by atoms with Crippen LogP contribution < -0.4 is 5.43 Å². The third-order valence-corrected chi connectivity index (χ3v) is 4.61. The van der Waals surface area contributed by atoms with Crippen LogP contribution in [0, 0.1) is 6.92 Å². The summed E-state index contributed by atoms with van der Waals surface area (Å²) in [5.74, 6) is -1.66. The quantitative estimate of drug-likeness (QED) is 0.826. The molecule has 140 valence electrons. The smallest absolute Gasteiger partial charge is 0.331 e. The predicted molar refractivity (Wildman–Crippen MR) is 99.7 cm³/mol. The Morgan fingerprint density at radius 2 is 1.78 bits per heavy atom. The molecule has 2 aromatic rings. The van der Waals surface area contributed by atoms with Gasteiger partial charge in [0.25, 0.3) is 5.91 Å². The highest BCUT2D eigenvalue weighted by Gasteiger charge is 2.46. The molecule has 0 aromatic heterocycles. The zero-order valence-corrected chi connectivity index (χ0v) is 15.3. The number of nitrogens with one attached hydrogen (secondary N) is 1. The molecule has 0 aliphatic carbocycles. The molecule has 2 aromatic carbocycles. The normalized spacial score (nSPS) is 19.0. The lowest BCUT2D eigenvalue weighted by Crippen LogP contribution is -2.52. The monoisotopic (exact) mass is 366 g/mol. The van der Waals surface area contributed by atoms with Gasteiger partial charge in [0.05, 0.1) is 6.61 Å². The van der Waals surface area contributed by atoms with Crippen LogP contribution in [0.1, 0.15) is 40.7 Å². The minimum absolute atomic E-state index is 0.127. The molecule has 2 amide bonds. The number of hydrogen-bond acceptors (Lipinski definition) is 4. The van der Waals surface area contributed by atoms with E-state index >= 15 is 0 Å². The van der Waals surface area contributed by atoms with E-state index in [4.69, 9.17) is 4.74 Å². The largest absolute Gasteiger partial charge is 0.464 e. The molecule has 27 heavy (non-hydrogen) atoms. The molecule has 0 bridgehead atoms. The summed E-state index contributed by atoms with van der Waals surface area (Å²) in [4.78, 5) is 37.8. The molecule has 1 saturated heterocycles. The third-order valence-electron chi connectivity index (χ3n) is 4.61. The standard InChI is InChI=1S/C21H22N2O4/c1-3-27-21(26)19-17(15-7-5-4-6-8-15)13-18(24)23(19)22-20(25)16-11-9-14(2)10-12-16/h4-12,17,19H,3,13H2,1-2H3,(H,22,25)/t17-,19-/m1/s1. The van der Waals surface area contributed by atoms with E-state index in [1.807, 2.05) is 49.4 Å². The molecule has 1 aliphatic rings. The van der Waals surface area contributed by atoms with Crippen molar-refractivity contribution in [2.24, 2.45) is 0 Å². The molecule has 1 heterocycles. The summed E-state index contributed by atoms with van der Waals surface area (Å²) in [5.41, 5.74) is 4.90. The fraction of sp³-hybridized carbons (Fsp3) is 0.286. The molecule has 0 spiro atoms. The summed E-state index contributed by atoms with van der Waals surface area (Å²) in [6.07, 6.45) is 0.127. The lowest BCUT2D eigenvalue weighted by Gasteiger charge is -2.26.